The number of nitrogens with zero attached hydrogens (tertiary/aromatic N) is 5. The van der Waals surface area contributed by atoms with Crippen LogP contribution in [-0.4, -0.2) is 37.2 Å². The lowest BCUT2D eigenvalue weighted by atomic mass is 10.2. The number of hydrogen-bond acceptors (Lipinski definition) is 5. The van der Waals surface area contributed by atoms with E-state index in [0.717, 1.165) is 10.9 Å². The molecule has 4 rings (SSSR count). The van der Waals surface area contributed by atoms with E-state index in [0.29, 0.717) is 17.6 Å². The molecule has 0 saturated carbocycles. The smallest absolute Gasteiger partial charge is 0.297 e. The van der Waals surface area contributed by atoms with Gasteiger partial charge in [-0.1, -0.05) is 12.1 Å². The third-order valence-corrected chi connectivity index (χ3v) is 4.26. The second-order valence-electron chi connectivity index (χ2n) is 6.23. The fourth-order valence-corrected chi connectivity index (χ4v) is 2.91. The Hall–Kier alpha value is -3.42. The average Bonchev–Trinajstić information content (AvgIpc) is 3.21. The molecule has 0 fully saturated rings. The van der Waals surface area contributed by atoms with Crippen molar-refractivity contribution in [3.8, 4) is 0 Å². The Kier molecular flexibility index (Phi) is 3.80. The number of furan rings is 1. The molecule has 132 valence electrons. The van der Waals surface area contributed by atoms with Crippen LogP contribution in [0.2, 0.25) is 0 Å². The summed E-state index contributed by atoms with van der Waals surface area (Å²) in [6, 6.07) is 7.33. The maximum absolute atomic E-state index is 12.7. The quantitative estimate of drug-likeness (QED) is 0.557. The third kappa shape index (κ3) is 2.75. The Labute approximate surface area is 148 Å². The zero-order valence-corrected chi connectivity index (χ0v) is 14.4. The highest BCUT2D eigenvalue weighted by Crippen LogP contribution is 2.23. The van der Waals surface area contributed by atoms with Crippen LogP contribution in [0.4, 0.5) is 0 Å². The van der Waals surface area contributed by atoms with Crippen LogP contribution in [0, 0.1) is 0 Å². The van der Waals surface area contributed by atoms with Gasteiger partial charge < -0.3 is 9.32 Å². The molecule has 0 bridgehead atoms. The number of benzene rings is 1. The van der Waals surface area contributed by atoms with Crippen molar-refractivity contribution in [2.75, 3.05) is 7.05 Å². The van der Waals surface area contributed by atoms with E-state index in [1.54, 1.807) is 28.9 Å². The Morgan fingerprint density at radius 3 is 2.88 bits per heavy atom. The van der Waals surface area contributed by atoms with Crippen LogP contribution in [0.3, 0.4) is 0 Å². The number of para-hydroxylation sites is 1. The highest BCUT2D eigenvalue weighted by atomic mass is 16.3. The molecule has 26 heavy (non-hydrogen) atoms. The Balaban J connectivity index is 1.60. The van der Waals surface area contributed by atoms with Crippen molar-refractivity contribution in [3.05, 3.63) is 58.9 Å². The summed E-state index contributed by atoms with van der Waals surface area (Å²) >= 11 is 0. The second-order valence-corrected chi connectivity index (χ2v) is 6.23. The Bertz CT molecular complexity index is 1170. The summed E-state index contributed by atoms with van der Waals surface area (Å²) in [7, 11) is 3.51. The molecular weight excluding hydrogens is 334 g/mol. The van der Waals surface area contributed by atoms with Gasteiger partial charge in [0.15, 0.2) is 0 Å². The maximum atomic E-state index is 12.7. The van der Waals surface area contributed by atoms with Gasteiger partial charge in [0.25, 0.3) is 5.56 Å². The minimum Gasteiger partial charge on any atom is -0.448 e. The molecule has 3 aromatic heterocycles. The van der Waals surface area contributed by atoms with E-state index in [9.17, 15) is 9.59 Å². The number of fused-ring (bicyclic) bond motifs is 3. The SMILES string of the molecule is CN(Cc1cnn(C)c1)C(=O)Cn1cnc2c(oc3ccccc32)c1=O. The molecule has 0 radical (unpaired) electrons. The van der Waals surface area contributed by atoms with Gasteiger partial charge in [0.05, 0.1) is 12.5 Å². The molecule has 1 amide bonds. The second kappa shape index (κ2) is 6.14. The lowest BCUT2D eigenvalue weighted by molar-refractivity contribution is -0.131. The van der Waals surface area contributed by atoms with Crippen LogP contribution in [0.25, 0.3) is 22.1 Å². The number of carbonyl (C=O) groups excluding carboxylic acids is 1. The summed E-state index contributed by atoms with van der Waals surface area (Å²) in [4.78, 5) is 31.0. The zero-order chi connectivity index (χ0) is 18.3. The zero-order valence-electron chi connectivity index (χ0n) is 14.4. The largest absolute Gasteiger partial charge is 0.448 e. The van der Waals surface area contributed by atoms with E-state index >= 15 is 0 Å². The molecule has 0 aliphatic rings. The van der Waals surface area contributed by atoms with E-state index in [4.69, 9.17) is 4.42 Å². The van der Waals surface area contributed by atoms with Crippen molar-refractivity contribution in [1.82, 2.24) is 24.2 Å². The first kappa shape index (κ1) is 16.1. The minimum atomic E-state index is -0.366. The van der Waals surface area contributed by atoms with Gasteiger partial charge in [0.2, 0.25) is 11.5 Å². The summed E-state index contributed by atoms with van der Waals surface area (Å²) in [5.41, 5.74) is 1.83. The Morgan fingerprint density at radius 1 is 1.31 bits per heavy atom. The number of likely N-dealkylation sites (N-methyl/N-ethyl adjacent to an activating group) is 1. The van der Waals surface area contributed by atoms with E-state index < -0.39 is 0 Å². The summed E-state index contributed by atoms with van der Waals surface area (Å²) < 4.78 is 8.58. The molecule has 0 aliphatic heterocycles. The van der Waals surface area contributed by atoms with Gasteiger partial charge in [-0.2, -0.15) is 5.10 Å². The number of aryl methyl sites for hydroxylation is 1. The van der Waals surface area contributed by atoms with E-state index in [1.165, 1.54) is 10.9 Å². The molecule has 0 saturated heterocycles. The Morgan fingerprint density at radius 2 is 2.12 bits per heavy atom. The van der Waals surface area contributed by atoms with Crippen molar-refractivity contribution in [3.63, 3.8) is 0 Å². The number of amides is 1. The minimum absolute atomic E-state index is 0.102. The molecule has 0 N–H and O–H groups in total. The fraction of sp³-hybridized carbons (Fsp3) is 0.222. The highest BCUT2D eigenvalue weighted by molar-refractivity contribution is 6.01. The van der Waals surface area contributed by atoms with Crippen molar-refractivity contribution in [2.24, 2.45) is 7.05 Å². The number of hydrogen-bond donors (Lipinski definition) is 0. The lowest BCUT2D eigenvalue weighted by Crippen LogP contribution is -2.33. The molecule has 0 spiro atoms. The first-order valence-electron chi connectivity index (χ1n) is 8.11. The number of rotatable bonds is 4. The normalized spacial score (nSPS) is 11.3. The van der Waals surface area contributed by atoms with Crippen LogP contribution in [-0.2, 0) is 24.9 Å². The summed E-state index contributed by atoms with van der Waals surface area (Å²) in [5, 5.41) is 4.87. The molecule has 0 aliphatic carbocycles. The van der Waals surface area contributed by atoms with Crippen molar-refractivity contribution in [1.29, 1.82) is 0 Å². The maximum Gasteiger partial charge on any atom is 0.297 e. The average molecular weight is 351 g/mol. The van der Waals surface area contributed by atoms with Crippen LogP contribution in [0.15, 0.2) is 52.2 Å². The van der Waals surface area contributed by atoms with Crippen LogP contribution in [0.1, 0.15) is 5.56 Å². The van der Waals surface area contributed by atoms with Gasteiger partial charge in [0.1, 0.15) is 17.6 Å². The van der Waals surface area contributed by atoms with Gasteiger partial charge in [-0.25, -0.2) is 4.98 Å². The van der Waals surface area contributed by atoms with Gasteiger partial charge in [-0.05, 0) is 12.1 Å². The molecule has 3 heterocycles. The topological polar surface area (TPSA) is 86.2 Å². The predicted molar refractivity (Wildman–Crippen MR) is 95.5 cm³/mol. The summed E-state index contributed by atoms with van der Waals surface area (Å²) in [6.45, 7) is 0.317. The van der Waals surface area contributed by atoms with Gasteiger partial charge in [-0.15, -0.1) is 0 Å². The highest BCUT2D eigenvalue weighted by Gasteiger charge is 2.16. The lowest BCUT2D eigenvalue weighted by Gasteiger charge is -2.16. The monoisotopic (exact) mass is 351 g/mol. The first-order valence-corrected chi connectivity index (χ1v) is 8.11. The molecule has 8 nitrogen and oxygen atoms in total. The van der Waals surface area contributed by atoms with Crippen LogP contribution >= 0.6 is 0 Å². The third-order valence-electron chi connectivity index (χ3n) is 4.26. The summed E-state index contributed by atoms with van der Waals surface area (Å²) in [6.07, 6.45) is 4.94. The van der Waals surface area contributed by atoms with Crippen molar-refractivity contribution in [2.45, 2.75) is 13.1 Å². The first-order chi connectivity index (χ1) is 12.5. The number of aromatic nitrogens is 4. The van der Waals surface area contributed by atoms with E-state index in [2.05, 4.69) is 10.1 Å². The van der Waals surface area contributed by atoms with Crippen molar-refractivity contribution < 1.29 is 9.21 Å². The van der Waals surface area contributed by atoms with Gasteiger partial charge in [-0.3, -0.25) is 18.8 Å². The van der Waals surface area contributed by atoms with Gasteiger partial charge >= 0.3 is 0 Å². The molecular formula is C18H17N5O3. The van der Waals surface area contributed by atoms with E-state index in [-0.39, 0.29) is 23.6 Å². The molecule has 1 aromatic carbocycles. The predicted octanol–water partition coefficient (Wildman–Crippen LogP) is 1.53. The number of carbonyl (C=O) groups is 1. The molecule has 0 atom stereocenters. The van der Waals surface area contributed by atoms with Crippen molar-refractivity contribution >= 4 is 28.0 Å². The van der Waals surface area contributed by atoms with Gasteiger partial charge in [0, 0.05) is 37.8 Å². The summed E-state index contributed by atoms with van der Waals surface area (Å²) in [5.74, 6) is -0.201. The van der Waals surface area contributed by atoms with E-state index in [1.807, 2.05) is 31.4 Å². The fourth-order valence-electron chi connectivity index (χ4n) is 2.91. The molecule has 4 aromatic rings. The van der Waals surface area contributed by atoms with Crippen LogP contribution in [0.5, 0.6) is 0 Å². The van der Waals surface area contributed by atoms with Crippen LogP contribution < -0.4 is 5.56 Å². The standard InChI is InChI=1S/C18H17N5O3/c1-21(8-12-7-20-22(2)9-12)15(24)10-23-11-19-16-13-5-3-4-6-14(13)26-17(16)18(23)25/h3-7,9,11H,8,10H2,1-2H3. The molecule has 8 heteroatoms. The molecule has 0 unspecified atom stereocenters.